The third-order valence-electron chi connectivity index (χ3n) is 4.79. The zero-order chi connectivity index (χ0) is 15.2. The predicted octanol–water partition coefficient (Wildman–Crippen LogP) is 6.42. The maximum atomic E-state index is 5.54. The van der Waals surface area contributed by atoms with Crippen LogP contribution in [-0.2, 0) is 6.42 Å². The van der Waals surface area contributed by atoms with Gasteiger partial charge in [-0.1, -0.05) is 30.2 Å². The van der Waals surface area contributed by atoms with E-state index in [1.54, 1.807) is 5.57 Å². The Labute approximate surface area is 130 Å². The quantitative estimate of drug-likeness (QED) is 0.582. The van der Waals surface area contributed by atoms with E-state index in [2.05, 4.69) is 39.8 Å². The third-order valence-corrected chi connectivity index (χ3v) is 4.79. The Bertz CT molecular complexity index is 500. The Balaban J connectivity index is 2.12. The Morgan fingerprint density at radius 3 is 2.90 bits per heavy atom. The summed E-state index contributed by atoms with van der Waals surface area (Å²) in [5.41, 5.74) is 5.89. The number of aryl methyl sites for hydroxylation is 1. The molecule has 0 saturated heterocycles. The zero-order valence-electron chi connectivity index (χ0n) is 14.1. The van der Waals surface area contributed by atoms with Crippen LogP contribution in [0.5, 0.6) is 0 Å². The van der Waals surface area contributed by atoms with Gasteiger partial charge in [0.2, 0.25) is 0 Å². The van der Waals surface area contributed by atoms with Crippen LogP contribution in [0, 0.1) is 5.92 Å². The standard InChI is InChI=1S/C20H30O/c1-15(2)7-5-9-17(4)19-12-11-16(3)8-6-10-18-13-21-14-20(18)19/h7-8,13-14,17,19H,5-6,9-12H2,1-4H3/b16-8+/t17-,19+/m0/s1. The maximum Gasteiger partial charge on any atom is 0.0940 e. The van der Waals surface area contributed by atoms with Crippen LogP contribution in [0.25, 0.3) is 0 Å². The van der Waals surface area contributed by atoms with Crippen LogP contribution >= 0.6 is 0 Å². The highest BCUT2D eigenvalue weighted by molar-refractivity contribution is 5.27. The minimum atomic E-state index is 0.644. The van der Waals surface area contributed by atoms with Crippen molar-refractivity contribution < 1.29 is 4.42 Å². The van der Waals surface area contributed by atoms with Crippen molar-refractivity contribution in [1.82, 2.24) is 0 Å². The molecule has 0 aliphatic heterocycles. The van der Waals surface area contributed by atoms with E-state index in [1.165, 1.54) is 42.4 Å². The van der Waals surface area contributed by atoms with Crippen molar-refractivity contribution in [3.05, 3.63) is 47.0 Å². The lowest BCUT2D eigenvalue weighted by molar-refractivity contribution is 0.405. The molecule has 21 heavy (non-hydrogen) atoms. The van der Waals surface area contributed by atoms with Gasteiger partial charge < -0.3 is 4.42 Å². The van der Waals surface area contributed by atoms with Crippen LogP contribution in [0.4, 0.5) is 0 Å². The molecular weight excluding hydrogens is 256 g/mol. The summed E-state index contributed by atoms with van der Waals surface area (Å²) in [4.78, 5) is 0. The van der Waals surface area contributed by atoms with Crippen LogP contribution < -0.4 is 0 Å². The van der Waals surface area contributed by atoms with Gasteiger partial charge in [-0.2, -0.15) is 0 Å². The fourth-order valence-corrected chi connectivity index (χ4v) is 3.40. The van der Waals surface area contributed by atoms with Gasteiger partial charge in [-0.3, -0.25) is 0 Å². The van der Waals surface area contributed by atoms with Crippen molar-refractivity contribution in [3.8, 4) is 0 Å². The molecule has 2 atom stereocenters. The van der Waals surface area contributed by atoms with Gasteiger partial charge >= 0.3 is 0 Å². The fourth-order valence-electron chi connectivity index (χ4n) is 3.40. The Morgan fingerprint density at radius 2 is 2.14 bits per heavy atom. The predicted molar refractivity (Wildman–Crippen MR) is 90.6 cm³/mol. The van der Waals surface area contributed by atoms with Crippen molar-refractivity contribution in [2.75, 3.05) is 0 Å². The van der Waals surface area contributed by atoms with Gasteiger partial charge in [0.25, 0.3) is 0 Å². The van der Waals surface area contributed by atoms with Crippen molar-refractivity contribution in [1.29, 1.82) is 0 Å². The highest BCUT2D eigenvalue weighted by Crippen LogP contribution is 2.37. The zero-order valence-corrected chi connectivity index (χ0v) is 14.1. The largest absolute Gasteiger partial charge is 0.472 e. The average Bonchev–Trinajstić information content (AvgIpc) is 2.87. The highest BCUT2D eigenvalue weighted by Gasteiger charge is 2.23. The topological polar surface area (TPSA) is 13.1 Å². The molecule has 1 aromatic rings. The lowest BCUT2D eigenvalue weighted by atomic mass is 9.80. The molecule has 1 aliphatic carbocycles. The summed E-state index contributed by atoms with van der Waals surface area (Å²) in [7, 11) is 0. The number of hydrogen-bond acceptors (Lipinski definition) is 1. The van der Waals surface area contributed by atoms with Crippen LogP contribution in [0.3, 0.4) is 0 Å². The molecule has 0 radical (unpaired) electrons. The second-order valence-electron chi connectivity index (χ2n) is 6.92. The van der Waals surface area contributed by atoms with E-state index in [-0.39, 0.29) is 0 Å². The molecule has 1 heterocycles. The summed E-state index contributed by atoms with van der Waals surface area (Å²) in [6.45, 7) is 9.07. The van der Waals surface area contributed by atoms with Crippen molar-refractivity contribution in [3.63, 3.8) is 0 Å². The molecule has 0 amide bonds. The first-order chi connectivity index (χ1) is 10.1. The van der Waals surface area contributed by atoms with E-state index >= 15 is 0 Å². The van der Waals surface area contributed by atoms with Crippen molar-refractivity contribution in [2.45, 2.75) is 72.1 Å². The monoisotopic (exact) mass is 286 g/mol. The molecule has 0 N–H and O–H groups in total. The van der Waals surface area contributed by atoms with Crippen LogP contribution in [0.2, 0.25) is 0 Å². The van der Waals surface area contributed by atoms with Crippen molar-refractivity contribution >= 4 is 0 Å². The smallest absolute Gasteiger partial charge is 0.0940 e. The van der Waals surface area contributed by atoms with Gasteiger partial charge in [0.15, 0.2) is 0 Å². The van der Waals surface area contributed by atoms with E-state index in [0.717, 1.165) is 12.8 Å². The molecule has 0 aromatic carbocycles. The Morgan fingerprint density at radius 1 is 1.33 bits per heavy atom. The molecular formula is C20H30O. The minimum absolute atomic E-state index is 0.644. The number of furan rings is 1. The van der Waals surface area contributed by atoms with E-state index in [9.17, 15) is 0 Å². The summed E-state index contributed by atoms with van der Waals surface area (Å²) in [5.74, 6) is 1.36. The second-order valence-corrected chi connectivity index (χ2v) is 6.92. The summed E-state index contributed by atoms with van der Waals surface area (Å²) in [6.07, 6.45) is 16.0. The lowest BCUT2D eigenvalue weighted by Crippen LogP contribution is -2.11. The molecule has 0 unspecified atom stereocenters. The second kappa shape index (κ2) is 7.68. The Hall–Kier alpha value is -1.24. The van der Waals surface area contributed by atoms with Gasteiger partial charge in [0.1, 0.15) is 0 Å². The molecule has 1 heteroatoms. The van der Waals surface area contributed by atoms with Crippen LogP contribution in [0.1, 0.15) is 76.8 Å². The molecule has 1 nitrogen and oxygen atoms in total. The van der Waals surface area contributed by atoms with E-state index < -0.39 is 0 Å². The molecule has 2 rings (SSSR count). The lowest BCUT2D eigenvalue weighted by Gasteiger charge is -2.24. The summed E-state index contributed by atoms with van der Waals surface area (Å²) < 4.78 is 5.54. The first kappa shape index (κ1) is 16.1. The molecule has 0 saturated carbocycles. The normalized spacial score (nSPS) is 23.0. The SMILES string of the molecule is CC(C)=CCC[C@H](C)[C@H]1CC/C(C)=C/CCc2cocc21. The van der Waals surface area contributed by atoms with Gasteiger partial charge in [-0.15, -0.1) is 0 Å². The summed E-state index contributed by atoms with van der Waals surface area (Å²) in [6, 6.07) is 0. The molecule has 0 fully saturated rings. The van der Waals surface area contributed by atoms with Gasteiger partial charge in [0, 0.05) is 0 Å². The highest BCUT2D eigenvalue weighted by atomic mass is 16.3. The van der Waals surface area contributed by atoms with Gasteiger partial charge in [-0.25, -0.2) is 0 Å². The summed E-state index contributed by atoms with van der Waals surface area (Å²) in [5, 5.41) is 0. The maximum absolute atomic E-state index is 5.54. The van der Waals surface area contributed by atoms with Crippen molar-refractivity contribution in [2.24, 2.45) is 5.92 Å². The minimum Gasteiger partial charge on any atom is -0.472 e. The number of hydrogen-bond donors (Lipinski definition) is 0. The van der Waals surface area contributed by atoms with E-state index in [0.29, 0.717) is 11.8 Å². The number of allylic oxidation sites excluding steroid dienone is 4. The molecule has 0 bridgehead atoms. The van der Waals surface area contributed by atoms with Crippen LogP contribution in [-0.4, -0.2) is 0 Å². The molecule has 0 spiro atoms. The van der Waals surface area contributed by atoms with E-state index in [1.807, 2.05) is 12.5 Å². The van der Waals surface area contributed by atoms with Gasteiger partial charge in [-0.05, 0) is 82.3 Å². The summed E-state index contributed by atoms with van der Waals surface area (Å²) >= 11 is 0. The van der Waals surface area contributed by atoms with Gasteiger partial charge in [0.05, 0.1) is 12.5 Å². The first-order valence-corrected chi connectivity index (χ1v) is 8.42. The third kappa shape index (κ3) is 4.62. The number of rotatable bonds is 4. The fraction of sp³-hybridized carbons (Fsp3) is 0.600. The first-order valence-electron chi connectivity index (χ1n) is 8.42. The van der Waals surface area contributed by atoms with Crippen LogP contribution in [0.15, 0.2) is 40.2 Å². The Kier molecular flexibility index (Phi) is 5.90. The molecule has 1 aromatic heterocycles. The average molecular weight is 286 g/mol. The number of fused-ring (bicyclic) bond motifs is 1. The van der Waals surface area contributed by atoms with E-state index in [4.69, 9.17) is 4.42 Å². The molecule has 1 aliphatic rings. The molecule has 116 valence electrons.